The fourth-order valence-corrected chi connectivity index (χ4v) is 1.48. The predicted octanol–water partition coefficient (Wildman–Crippen LogP) is 2.05. The molecule has 2 N–H and O–H groups in total. The van der Waals surface area contributed by atoms with Crippen LogP contribution in [-0.4, -0.2) is 21.3 Å². The smallest absolute Gasteiger partial charge is 0.342 e. The van der Waals surface area contributed by atoms with E-state index in [2.05, 4.69) is 10.2 Å². The Kier molecular flexibility index (Phi) is 3.48. The number of benzene rings is 1. The monoisotopic (exact) mass is 284 g/mol. The van der Waals surface area contributed by atoms with E-state index in [1.165, 1.54) is 12.1 Å². The third-order valence-electron chi connectivity index (χ3n) is 2.13. The molecular weight excluding hydrogens is 279 g/mol. The molecule has 0 atom stereocenters. The summed E-state index contributed by atoms with van der Waals surface area (Å²) < 4.78 is 18.4. The van der Waals surface area contributed by atoms with Gasteiger partial charge in [-0.25, -0.2) is 9.18 Å². The summed E-state index contributed by atoms with van der Waals surface area (Å²) in [6.45, 7) is 0. The number of nitrogens with zero attached hydrogens (tertiary/aromatic N) is 1. The van der Waals surface area contributed by atoms with Gasteiger partial charge in [0.25, 0.3) is 5.88 Å². The van der Waals surface area contributed by atoms with Crippen molar-refractivity contribution >= 4 is 17.6 Å². The number of hydrogen-bond donors (Lipinski definition) is 2. The number of ether oxygens (including phenoxy) is 1. The number of aromatic carboxylic acids is 1. The van der Waals surface area contributed by atoms with E-state index >= 15 is 0 Å². The Labute approximate surface area is 110 Å². The zero-order valence-electron chi connectivity index (χ0n) is 9.18. The molecule has 1 heterocycles. The molecule has 0 unspecified atom stereocenters. The number of carboxylic acid groups (broad SMARTS) is 1. The predicted molar refractivity (Wildman–Crippen MR) is 63.3 cm³/mol. The zero-order chi connectivity index (χ0) is 14.0. The lowest BCUT2D eigenvalue weighted by molar-refractivity contribution is 0.0689. The van der Waals surface area contributed by atoms with Crippen molar-refractivity contribution in [2.24, 2.45) is 0 Å². The van der Waals surface area contributed by atoms with Crippen molar-refractivity contribution in [2.45, 2.75) is 0 Å². The van der Waals surface area contributed by atoms with Crippen LogP contribution < -0.4 is 10.2 Å². The van der Waals surface area contributed by atoms with E-state index in [0.717, 1.165) is 12.1 Å². The minimum Gasteiger partial charge on any atom is -0.477 e. The van der Waals surface area contributed by atoms with Crippen molar-refractivity contribution in [3.8, 4) is 11.6 Å². The molecular formula is C11H6ClFN2O4. The van der Waals surface area contributed by atoms with Crippen LogP contribution in [-0.2, 0) is 0 Å². The quantitative estimate of drug-likeness (QED) is 0.900. The molecule has 0 saturated carbocycles. The highest BCUT2D eigenvalue weighted by atomic mass is 35.5. The molecule has 2 aromatic rings. The molecule has 0 saturated heterocycles. The van der Waals surface area contributed by atoms with E-state index in [1.807, 2.05) is 0 Å². The van der Waals surface area contributed by atoms with Crippen LogP contribution in [0.15, 0.2) is 29.1 Å². The molecule has 98 valence electrons. The fraction of sp³-hybridized carbons (Fsp3) is 0. The maximum atomic E-state index is 13.4. The number of halogens is 2. The highest BCUT2D eigenvalue weighted by molar-refractivity contribution is 6.29. The first-order valence-corrected chi connectivity index (χ1v) is 5.31. The maximum absolute atomic E-state index is 13.4. The number of H-pyrrole nitrogens is 1. The fourth-order valence-electron chi connectivity index (χ4n) is 1.34. The molecule has 2 rings (SSSR count). The van der Waals surface area contributed by atoms with E-state index in [9.17, 15) is 14.0 Å². The molecule has 0 aliphatic rings. The van der Waals surface area contributed by atoms with Crippen LogP contribution in [0.5, 0.6) is 11.6 Å². The maximum Gasteiger partial charge on any atom is 0.342 e. The third-order valence-corrected chi connectivity index (χ3v) is 2.32. The van der Waals surface area contributed by atoms with Crippen LogP contribution in [0.4, 0.5) is 4.39 Å². The van der Waals surface area contributed by atoms with E-state index in [-0.39, 0.29) is 10.9 Å². The van der Waals surface area contributed by atoms with Gasteiger partial charge in [-0.3, -0.25) is 9.89 Å². The molecule has 8 heteroatoms. The van der Waals surface area contributed by atoms with E-state index < -0.39 is 28.7 Å². The molecule has 1 aromatic heterocycles. The summed E-state index contributed by atoms with van der Waals surface area (Å²) in [7, 11) is 0. The molecule has 0 amide bonds. The third kappa shape index (κ3) is 2.71. The molecule has 19 heavy (non-hydrogen) atoms. The van der Waals surface area contributed by atoms with Crippen LogP contribution in [0, 0.1) is 5.82 Å². The van der Waals surface area contributed by atoms with Crippen molar-refractivity contribution in [1.29, 1.82) is 0 Å². The molecule has 0 bridgehead atoms. The van der Waals surface area contributed by atoms with Gasteiger partial charge in [-0.05, 0) is 12.1 Å². The van der Waals surface area contributed by atoms with Gasteiger partial charge < -0.3 is 9.84 Å². The van der Waals surface area contributed by atoms with Crippen LogP contribution in [0.1, 0.15) is 10.4 Å². The van der Waals surface area contributed by atoms with Crippen molar-refractivity contribution in [3.05, 3.63) is 51.0 Å². The van der Waals surface area contributed by atoms with Gasteiger partial charge in [0.2, 0.25) is 5.43 Å². The van der Waals surface area contributed by atoms with Gasteiger partial charge >= 0.3 is 5.97 Å². The molecule has 0 aliphatic heterocycles. The number of carboxylic acids is 1. The molecule has 0 aliphatic carbocycles. The van der Waals surface area contributed by atoms with E-state index in [0.29, 0.717) is 0 Å². The van der Waals surface area contributed by atoms with Crippen LogP contribution in [0.3, 0.4) is 0 Å². The van der Waals surface area contributed by atoms with Gasteiger partial charge in [0.05, 0.1) is 0 Å². The molecule has 0 spiro atoms. The van der Waals surface area contributed by atoms with Gasteiger partial charge in [-0.2, -0.15) is 0 Å². The zero-order valence-corrected chi connectivity index (χ0v) is 9.94. The topological polar surface area (TPSA) is 92.3 Å². The number of rotatable bonds is 3. The lowest BCUT2D eigenvalue weighted by Crippen LogP contribution is -2.10. The van der Waals surface area contributed by atoms with Crippen molar-refractivity contribution in [2.75, 3.05) is 0 Å². The molecule has 6 nitrogen and oxygen atoms in total. The standard InChI is InChI=1S/C11H6ClFN2O4/c12-8-4-6(16)10(15-14-8)19-7-3-1-2-5(13)9(7)11(17)18/h1-4H,(H,14,16)(H,17,18). The van der Waals surface area contributed by atoms with Gasteiger partial charge in [0.1, 0.15) is 22.3 Å². The Morgan fingerprint density at radius 1 is 1.47 bits per heavy atom. The molecule has 1 aromatic carbocycles. The number of carbonyl (C=O) groups is 1. The van der Waals surface area contributed by atoms with Crippen molar-refractivity contribution in [1.82, 2.24) is 10.2 Å². The van der Waals surface area contributed by atoms with Crippen molar-refractivity contribution in [3.63, 3.8) is 0 Å². The van der Waals surface area contributed by atoms with E-state index in [4.69, 9.17) is 21.4 Å². The molecule has 0 fully saturated rings. The number of hydrogen-bond acceptors (Lipinski definition) is 4. The normalized spacial score (nSPS) is 10.2. The van der Waals surface area contributed by atoms with Crippen molar-refractivity contribution < 1.29 is 19.0 Å². The summed E-state index contributed by atoms with van der Waals surface area (Å²) in [5.74, 6) is -3.25. The van der Waals surface area contributed by atoms with Gasteiger partial charge in [0, 0.05) is 6.07 Å². The number of aromatic amines is 1. The minimum atomic E-state index is -1.52. The highest BCUT2D eigenvalue weighted by Gasteiger charge is 2.18. The molecule has 0 radical (unpaired) electrons. The number of nitrogens with one attached hydrogen (secondary N) is 1. The summed E-state index contributed by atoms with van der Waals surface area (Å²) in [4.78, 5) is 22.4. The summed E-state index contributed by atoms with van der Waals surface area (Å²) in [6.07, 6.45) is 0. The first-order chi connectivity index (χ1) is 8.99. The summed E-state index contributed by atoms with van der Waals surface area (Å²) >= 11 is 5.50. The second-order valence-corrected chi connectivity index (χ2v) is 3.81. The van der Waals surface area contributed by atoms with Crippen LogP contribution in [0.25, 0.3) is 0 Å². The Balaban J connectivity index is 2.47. The number of aromatic nitrogens is 2. The summed E-state index contributed by atoms with van der Waals surface area (Å²) in [6, 6.07) is 4.43. The SMILES string of the molecule is O=C(O)c1c(F)cccc1Oc1n[nH]c(Cl)cc1=O. The Morgan fingerprint density at radius 2 is 2.21 bits per heavy atom. The van der Waals surface area contributed by atoms with Gasteiger partial charge in [0.15, 0.2) is 0 Å². The average molecular weight is 285 g/mol. The summed E-state index contributed by atoms with van der Waals surface area (Å²) in [5.41, 5.74) is -1.34. The lowest BCUT2D eigenvalue weighted by Gasteiger charge is -2.07. The second kappa shape index (κ2) is 5.07. The minimum absolute atomic E-state index is 0.00458. The van der Waals surface area contributed by atoms with Gasteiger partial charge in [-0.1, -0.05) is 17.7 Å². The first-order valence-electron chi connectivity index (χ1n) is 4.94. The largest absolute Gasteiger partial charge is 0.477 e. The lowest BCUT2D eigenvalue weighted by atomic mass is 10.2. The second-order valence-electron chi connectivity index (χ2n) is 3.41. The Morgan fingerprint density at radius 3 is 2.84 bits per heavy atom. The Hall–Kier alpha value is -2.41. The van der Waals surface area contributed by atoms with Crippen LogP contribution >= 0.6 is 11.6 Å². The summed E-state index contributed by atoms with van der Waals surface area (Å²) in [5, 5.41) is 14.7. The average Bonchev–Trinajstić information content (AvgIpc) is 2.32. The highest BCUT2D eigenvalue weighted by Crippen LogP contribution is 2.24. The van der Waals surface area contributed by atoms with E-state index in [1.54, 1.807) is 0 Å². The first kappa shape index (κ1) is 13.0. The Bertz CT molecular complexity index is 701. The van der Waals surface area contributed by atoms with Crippen LogP contribution in [0.2, 0.25) is 5.15 Å². The van der Waals surface area contributed by atoms with Gasteiger partial charge in [-0.15, -0.1) is 5.10 Å².